The normalized spacial score (nSPS) is 26.4. The van der Waals surface area contributed by atoms with E-state index < -0.39 is 0 Å². The van der Waals surface area contributed by atoms with E-state index >= 15 is 0 Å². The largest absolute Gasteiger partial charge is 0.493 e. The first kappa shape index (κ1) is 14.5. The molecule has 1 aromatic carbocycles. The molecule has 1 N–H and O–H groups in total. The quantitative estimate of drug-likeness (QED) is 0.898. The molecule has 0 bridgehead atoms. The maximum Gasteiger partial charge on any atom is 0.160 e. The molecule has 106 valence electrons. The van der Waals surface area contributed by atoms with E-state index in [-0.39, 0.29) is 4.87 Å². The Balaban J connectivity index is 2.11. The number of methoxy groups -OCH3 is 2. The number of nitrogens with one attached hydrogen (secondary N) is 1. The minimum atomic E-state index is 0.125. The third-order valence-corrected chi connectivity index (χ3v) is 5.06. The summed E-state index contributed by atoms with van der Waals surface area (Å²) < 4.78 is 10.6. The summed E-state index contributed by atoms with van der Waals surface area (Å²) in [6, 6.07) is 6.81. The molecule has 0 radical (unpaired) electrons. The van der Waals surface area contributed by atoms with Crippen LogP contribution in [0.1, 0.15) is 25.8 Å². The molecule has 2 rings (SSSR count). The first-order valence-corrected chi connectivity index (χ1v) is 7.71. The summed E-state index contributed by atoms with van der Waals surface area (Å²) in [5.74, 6) is 2.79. The summed E-state index contributed by atoms with van der Waals surface area (Å²) in [4.78, 5) is 0.125. The van der Waals surface area contributed by atoms with Crippen molar-refractivity contribution in [1.29, 1.82) is 0 Å². The molecule has 1 fully saturated rings. The summed E-state index contributed by atoms with van der Waals surface area (Å²) in [6.45, 7) is 4.52. The lowest BCUT2D eigenvalue weighted by molar-refractivity contribution is 0.354. The number of benzene rings is 1. The molecule has 1 aliphatic heterocycles. The van der Waals surface area contributed by atoms with Gasteiger partial charge < -0.3 is 9.47 Å². The van der Waals surface area contributed by atoms with Gasteiger partial charge >= 0.3 is 0 Å². The van der Waals surface area contributed by atoms with Gasteiger partial charge in [-0.2, -0.15) is 0 Å². The van der Waals surface area contributed by atoms with Crippen LogP contribution in [0.4, 0.5) is 0 Å². The lowest BCUT2D eigenvalue weighted by Crippen LogP contribution is -2.40. The van der Waals surface area contributed by atoms with E-state index in [0.29, 0.717) is 6.04 Å². The average molecular weight is 281 g/mol. The van der Waals surface area contributed by atoms with Crippen molar-refractivity contribution in [2.45, 2.75) is 37.6 Å². The van der Waals surface area contributed by atoms with Gasteiger partial charge in [-0.15, -0.1) is 11.8 Å². The predicted molar refractivity (Wildman–Crippen MR) is 81.3 cm³/mol. The Kier molecular flexibility index (Phi) is 4.63. The molecule has 3 nitrogen and oxygen atoms in total. The van der Waals surface area contributed by atoms with Crippen molar-refractivity contribution in [1.82, 2.24) is 5.32 Å². The Hall–Kier alpha value is -0.870. The van der Waals surface area contributed by atoms with Crippen molar-refractivity contribution in [2.24, 2.45) is 0 Å². The van der Waals surface area contributed by atoms with Gasteiger partial charge in [0, 0.05) is 11.8 Å². The van der Waals surface area contributed by atoms with Crippen LogP contribution in [-0.2, 0) is 6.42 Å². The van der Waals surface area contributed by atoms with Gasteiger partial charge in [-0.05, 0) is 37.5 Å². The van der Waals surface area contributed by atoms with Crippen molar-refractivity contribution >= 4 is 11.8 Å². The lowest BCUT2D eigenvalue weighted by atomic mass is 10.0. The number of ether oxygens (including phenoxy) is 2. The van der Waals surface area contributed by atoms with E-state index in [1.165, 1.54) is 17.7 Å². The lowest BCUT2D eigenvalue weighted by Gasteiger charge is -2.25. The number of hydrogen-bond donors (Lipinski definition) is 1. The van der Waals surface area contributed by atoms with Gasteiger partial charge in [-0.25, -0.2) is 0 Å². The number of hydrogen-bond acceptors (Lipinski definition) is 4. The Morgan fingerprint density at radius 3 is 2.63 bits per heavy atom. The van der Waals surface area contributed by atoms with Gasteiger partial charge in [-0.3, -0.25) is 5.32 Å². The van der Waals surface area contributed by atoms with Gasteiger partial charge in [-0.1, -0.05) is 13.0 Å². The predicted octanol–water partition coefficient (Wildman–Crippen LogP) is 3.08. The van der Waals surface area contributed by atoms with Crippen LogP contribution in [0.2, 0.25) is 0 Å². The molecule has 1 heterocycles. The summed E-state index contributed by atoms with van der Waals surface area (Å²) in [6.07, 6.45) is 2.18. The molecule has 0 spiro atoms. The zero-order valence-electron chi connectivity index (χ0n) is 12.2. The standard InChI is InChI=1S/C15H23NO2S/c1-5-12-10-19-15(2,16-12)9-11-6-7-13(17-3)14(8-11)18-4/h6-8,12,16H,5,9-10H2,1-4H3. The van der Waals surface area contributed by atoms with Gasteiger partial charge in [0.2, 0.25) is 0 Å². The first-order chi connectivity index (χ1) is 9.10. The third kappa shape index (κ3) is 3.37. The maximum absolute atomic E-state index is 5.36. The van der Waals surface area contributed by atoms with Crippen LogP contribution in [-0.4, -0.2) is 30.9 Å². The van der Waals surface area contributed by atoms with E-state index in [2.05, 4.69) is 31.3 Å². The van der Waals surface area contributed by atoms with Gasteiger partial charge in [0.05, 0.1) is 19.1 Å². The highest BCUT2D eigenvalue weighted by Crippen LogP contribution is 2.36. The SMILES string of the molecule is CCC1CSC(C)(Cc2ccc(OC)c(OC)c2)N1. The van der Waals surface area contributed by atoms with Crippen LogP contribution in [0, 0.1) is 0 Å². The minimum absolute atomic E-state index is 0.125. The topological polar surface area (TPSA) is 30.5 Å². The van der Waals surface area contributed by atoms with E-state index in [0.717, 1.165) is 17.9 Å². The van der Waals surface area contributed by atoms with E-state index in [9.17, 15) is 0 Å². The molecule has 0 aromatic heterocycles. The van der Waals surface area contributed by atoms with Crippen molar-refractivity contribution in [3.8, 4) is 11.5 Å². The highest BCUT2D eigenvalue weighted by molar-refractivity contribution is 8.00. The Labute approximate surface area is 120 Å². The second kappa shape index (κ2) is 6.06. The molecule has 2 atom stereocenters. The zero-order valence-corrected chi connectivity index (χ0v) is 13.0. The van der Waals surface area contributed by atoms with Gasteiger partial charge in [0.15, 0.2) is 11.5 Å². The molecule has 4 heteroatoms. The fraction of sp³-hybridized carbons (Fsp3) is 0.600. The van der Waals surface area contributed by atoms with Crippen LogP contribution in [0.15, 0.2) is 18.2 Å². The average Bonchev–Trinajstić information content (AvgIpc) is 2.80. The molecule has 2 unspecified atom stereocenters. The summed E-state index contributed by atoms with van der Waals surface area (Å²) in [5, 5.41) is 3.72. The molecule has 0 saturated carbocycles. The molecular weight excluding hydrogens is 258 g/mol. The number of rotatable bonds is 5. The maximum atomic E-state index is 5.36. The fourth-order valence-electron chi connectivity index (χ4n) is 2.50. The van der Waals surface area contributed by atoms with Crippen LogP contribution >= 0.6 is 11.8 Å². The van der Waals surface area contributed by atoms with Crippen molar-refractivity contribution in [2.75, 3.05) is 20.0 Å². The van der Waals surface area contributed by atoms with E-state index in [1.54, 1.807) is 14.2 Å². The molecule has 1 aliphatic rings. The summed E-state index contributed by atoms with van der Waals surface area (Å²) in [5.41, 5.74) is 1.27. The van der Waals surface area contributed by atoms with Crippen LogP contribution in [0.3, 0.4) is 0 Å². The van der Waals surface area contributed by atoms with Crippen LogP contribution in [0.25, 0.3) is 0 Å². The highest BCUT2D eigenvalue weighted by Gasteiger charge is 2.34. The Bertz CT molecular complexity index is 438. The van der Waals surface area contributed by atoms with Crippen LogP contribution < -0.4 is 14.8 Å². The molecule has 0 aliphatic carbocycles. The second-order valence-corrected chi connectivity index (χ2v) is 6.68. The Morgan fingerprint density at radius 1 is 1.32 bits per heavy atom. The first-order valence-electron chi connectivity index (χ1n) is 6.72. The third-order valence-electron chi connectivity index (χ3n) is 3.59. The second-order valence-electron chi connectivity index (χ2n) is 5.16. The summed E-state index contributed by atoms with van der Waals surface area (Å²) >= 11 is 2.01. The summed E-state index contributed by atoms with van der Waals surface area (Å²) in [7, 11) is 3.35. The highest BCUT2D eigenvalue weighted by atomic mass is 32.2. The minimum Gasteiger partial charge on any atom is -0.493 e. The van der Waals surface area contributed by atoms with Crippen LogP contribution in [0.5, 0.6) is 11.5 Å². The van der Waals surface area contributed by atoms with Gasteiger partial charge in [0.25, 0.3) is 0 Å². The Morgan fingerprint density at radius 2 is 2.05 bits per heavy atom. The van der Waals surface area contributed by atoms with E-state index in [4.69, 9.17) is 9.47 Å². The molecular formula is C15H23NO2S. The monoisotopic (exact) mass is 281 g/mol. The zero-order chi connectivity index (χ0) is 13.9. The van der Waals surface area contributed by atoms with Crippen molar-refractivity contribution < 1.29 is 9.47 Å². The van der Waals surface area contributed by atoms with Crippen molar-refractivity contribution in [3.63, 3.8) is 0 Å². The van der Waals surface area contributed by atoms with Gasteiger partial charge in [0.1, 0.15) is 0 Å². The molecule has 1 saturated heterocycles. The fourth-order valence-corrected chi connectivity index (χ4v) is 3.91. The molecule has 0 amide bonds. The molecule has 1 aromatic rings. The van der Waals surface area contributed by atoms with E-state index in [1.807, 2.05) is 17.8 Å². The van der Waals surface area contributed by atoms with Crippen molar-refractivity contribution in [3.05, 3.63) is 23.8 Å². The number of thioether (sulfide) groups is 1. The smallest absolute Gasteiger partial charge is 0.160 e. The molecule has 19 heavy (non-hydrogen) atoms.